The number of carbonyl (C=O) groups is 1. The zero-order valence-corrected chi connectivity index (χ0v) is 11.8. The fourth-order valence-electron chi connectivity index (χ4n) is 1.37. The van der Waals surface area contributed by atoms with Crippen LogP contribution in [-0.2, 0) is 11.2 Å². The van der Waals surface area contributed by atoms with Crippen molar-refractivity contribution in [3.05, 3.63) is 16.6 Å². The number of carbonyl (C=O) groups excluding carboxylic acids is 1. The van der Waals surface area contributed by atoms with Crippen molar-refractivity contribution in [3.63, 3.8) is 0 Å². The molecule has 0 saturated heterocycles. The van der Waals surface area contributed by atoms with Gasteiger partial charge in [-0.05, 0) is 27.2 Å². The summed E-state index contributed by atoms with van der Waals surface area (Å²) in [6, 6.07) is 0. The number of hydrogen-bond donors (Lipinski definition) is 2. The molecule has 0 radical (unpaired) electrons. The van der Waals surface area contributed by atoms with Crippen LogP contribution in [0.3, 0.4) is 0 Å². The van der Waals surface area contributed by atoms with Crippen molar-refractivity contribution in [2.45, 2.75) is 32.8 Å². The molecule has 1 unspecified atom stereocenters. The molecular weight excluding hydrogens is 252 g/mol. The second-order valence-electron chi connectivity index (χ2n) is 5.10. The Balaban J connectivity index is 2.33. The fourth-order valence-corrected chi connectivity index (χ4v) is 2.08. The van der Waals surface area contributed by atoms with Gasteiger partial charge in [-0.15, -0.1) is 11.3 Å². The molecule has 0 aromatic carbocycles. The normalized spacial score (nSPS) is 13.1. The van der Waals surface area contributed by atoms with Gasteiger partial charge in [-0.1, -0.05) is 0 Å². The van der Waals surface area contributed by atoms with Gasteiger partial charge in [-0.25, -0.2) is 4.79 Å². The van der Waals surface area contributed by atoms with Gasteiger partial charge in [-0.2, -0.15) is 0 Å². The van der Waals surface area contributed by atoms with E-state index >= 15 is 0 Å². The van der Waals surface area contributed by atoms with Crippen LogP contribution in [0.4, 0.5) is 4.79 Å². The predicted molar refractivity (Wildman–Crippen MR) is 70.6 cm³/mol. The Hall–Kier alpha value is -1.14. The van der Waals surface area contributed by atoms with E-state index in [0.717, 1.165) is 4.88 Å². The van der Waals surface area contributed by atoms with Gasteiger partial charge in [0.1, 0.15) is 5.60 Å². The van der Waals surface area contributed by atoms with E-state index in [1.807, 2.05) is 20.8 Å². The fraction of sp³-hybridized carbons (Fsp3) is 0.667. The third kappa shape index (κ3) is 5.97. The summed E-state index contributed by atoms with van der Waals surface area (Å²) >= 11 is 1.54. The molecule has 0 saturated carbocycles. The predicted octanol–water partition coefficient (Wildman–Crippen LogP) is 1.82. The van der Waals surface area contributed by atoms with Crippen molar-refractivity contribution in [2.24, 2.45) is 5.92 Å². The summed E-state index contributed by atoms with van der Waals surface area (Å²) in [5.41, 5.74) is 1.25. The standard InChI is InChI=1S/C12H20N2O3S/c1-12(2,3)17-11(16)14-5-9(7-15)4-10-6-13-8-18-10/h6,8-9,15H,4-5,7H2,1-3H3,(H,14,16). The van der Waals surface area contributed by atoms with Crippen molar-refractivity contribution < 1.29 is 14.6 Å². The first-order valence-corrected chi connectivity index (χ1v) is 6.74. The number of aromatic nitrogens is 1. The lowest BCUT2D eigenvalue weighted by Gasteiger charge is -2.21. The number of thiazole rings is 1. The highest BCUT2D eigenvalue weighted by Crippen LogP contribution is 2.12. The molecule has 0 fully saturated rings. The summed E-state index contributed by atoms with van der Waals surface area (Å²) < 4.78 is 5.13. The Morgan fingerprint density at radius 2 is 2.33 bits per heavy atom. The van der Waals surface area contributed by atoms with Crippen molar-refractivity contribution in [1.29, 1.82) is 0 Å². The van der Waals surface area contributed by atoms with Gasteiger partial charge in [0, 0.05) is 30.1 Å². The molecule has 1 atom stereocenters. The third-order valence-electron chi connectivity index (χ3n) is 2.17. The molecule has 0 aliphatic carbocycles. The Morgan fingerprint density at radius 1 is 1.61 bits per heavy atom. The first-order chi connectivity index (χ1) is 8.40. The topological polar surface area (TPSA) is 71.5 Å². The summed E-state index contributed by atoms with van der Waals surface area (Å²) in [5, 5.41) is 11.9. The van der Waals surface area contributed by atoms with Crippen LogP contribution < -0.4 is 5.32 Å². The van der Waals surface area contributed by atoms with Gasteiger partial charge in [0.2, 0.25) is 0 Å². The number of alkyl carbamates (subject to hydrolysis) is 1. The second-order valence-corrected chi connectivity index (χ2v) is 6.07. The van der Waals surface area contributed by atoms with Crippen LogP contribution in [0.15, 0.2) is 11.7 Å². The lowest BCUT2D eigenvalue weighted by atomic mass is 10.1. The first-order valence-electron chi connectivity index (χ1n) is 5.86. The maximum Gasteiger partial charge on any atom is 0.407 e. The molecule has 0 spiro atoms. The van der Waals surface area contributed by atoms with Crippen molar-refractivity contribution in [3.8, 4) is 0 Å². The molecule has 102 valence electrons. The number of ether oxygens (including phenoxy) is 1. The molecule has 5 nitrogen and oxygen atoms in total. The first kappa shape index (κ1) is 14.9. The smallest absolute Gasteiger partial charge is 0.407 e. The minimum Gasteiger partial charge on any atom is -0.444 e. The average molecular weight is 272 g/mol. The van der Waals surface area contributed by atoms with Gasteiger partial charge >= 0.3 is 6.09 Å². The molecule has 0 aliphatic heterocycles. The molecule has 1 amide bonds. The lowest BCUT2D eigenvalue weighted by molar-refractivity contribution is 0.0513. The van der Waals surface area contributed by atoms with Crippen LogP contribution in [0.2, 0.25) is 0 Å². The molecule has 18 heavy (non-hydrogen) atoms. The molecule has 1 aromatic heterocycles. The largest absolute Gasteiger partial charge is 0.444 e. The monoisotopic (exact) mass is 272 g/mol. The number of aliphatic hydroxyl groups excluding tert-OH is 1. The highest BCUT2D eigenvalue weighted by Gasteiger charge is 2.17. The number of nitrogens with zero attached hydrogens (tertiary/aromatic N) is 1. The minimum absolute atomic E-state index is 0.0158. The number of amides is 1. The molecule has 2 N–H and O–H groups in total. The SMILES string of the molecule is CC(C)(C)OC(=O)NCC(CO)Cc1cncs1. The highest BCUT2D eigenvalue weighted by molar-refractivity contribution is 7.09. The van der Waals surface area contributed by atoms with E-state index in [2.05, 4.69) is 10.3 Å². The second kappa shape index (κ2) is 6.70. The number of nitrogens with one attached hydrogen (secondary N) is 1. The van der Waals surface area contributed by atoms with Gasteiger partial charge in [0.25, 0.3) is 0 Å². The van der Waals surface area contributed by atoms with E-state index in [9.17, 15) is 9.90 Å². The minimum atomic E-state index is -0.504. The molecule has 1 aromatic rings. The summed E-state index contributed by atoms with van der Waals surface area (Å²) in [6.07, 6.45) is 2.03. The van der Waals surface area contributed by atoms with Crippen LogP contribution in [0.5, 0.6) is 0 Å². The van der Waals surface area contributed by atoms with E-state index in [-0.39, 0.29) is 12.5 Å². The summed E-state index contributed by atoms with van der Waals surface area (Å²) in [6.45, 7) is 5.85. The average Bonchev–Trinajstić information content (AvgIpc) is 2.74. The molecule has 1 rings (SSSR count). The molecule has 6 heteroatoms. The van der Waals surface area contributed by atoms with E-state index in [1.165, 1.54) is 0 Å². The van der Waals surface area contributed by atoms with Crippen molar-refractivity contribution in [2.75, 3.05) is 13.2 Å². The van der Waals surface area contributed by atoms with Crippen molar-refractivity contribution in [1.82, 2.24) is 10.3 Å². The van der Waals surface area contributed by atoms with Crippen LogP contribution >= 0.6 is 11.3 Å². The van der Waals surface area contributed by atoms with Gasteiger partial charge in [0.05, 0.1) is 5.51 Å². The van der Waals surface area contributed by atoms with Crippen LogP contribution in [-0.4, -0.2) is 34.9 Å². The third-order valence-corrected chi connectivity index (χ3v) is 2.97. The maximum atomic E-state index is 11.5. The Morgan fingerprint density at radius 3 is 2.83 bits per heavy atom. The maximum absolute atomic E-state index is 11.5. The van der Waals surface area contributed by atoms with Gasteiger partial charge in [0.15, 0.2) is 0 Å². The molecule has 1 heterocycles. The number of aliphatic hydroxyl groups is 1. The molecule has 0 aliphatic rings. The summed E-state index contributed by atoms with van der Waals surface area (Å²) in [5.74, 6) is -0.0158. The summed E-state index contributed by atoms with van der Waals surface area (Å²) in [4.78, 5) is 16.5. The zero-order valence-electron chi connectivity index (χ0n) is 11.0. The van der Waals surface area contributed by atoms with Gasteiger partial charge in [-0.3, -0.25) is 4.98 Å². The highest BCUT2D eigenvalue weighted by atomic mass is 32.1. The number of hydrogen-bond acceptors (Lipinski definition) is 5. The number of rotatable bonds is 5. The van der Waals surface area contributed by atoms with E-state index in [1.54, 1.807) is 23.0 Å². The lowest BCUT2D eigenvalue weighted by Crippen LogP contribution is -2.36. The van der Waals surface area contributed by atoms with Crippen LogP contribution in [0.1, 0.15) is 25.6 Å². The van der Waals surface area contributed by atoms with E-state index < -0.39 is 11.7 Å². The van der Waals surface area contributed by atoms with Crippen LogP contribution in [0, 0.1) is 5.92 Å². The van der Waals surface area contributed by atoms with Crippen LogP contribution in [0.25, 0.3) is 0 Å². The summed E-state index contributed by atoms with van der Waals surface area (Å²) in [7, 11) is 0. The Labute approximate surface area is 111 Å². The van der Waals surface area contributed by atoms with E-state index in [4.69, 9.17) is 4.74 Å². The van der Waals surface area contributed by atoms with Gasteiger partial charge < -0.3 is 15.2 Å². The quantitative estimate of drug-likeness (QED) is 0.857. The van der Waals surface area contributed by atoms with E-state index in [0.29, 0.717) is 13.0 Å². The Kier molecular flexibility index (Phi) is 5.55. The molecular formula is C12H20N2O3S. The van der Waals surface area contributed by atoms with Crippen molar-refractivity contribution >= 4 is 17.4 Å². The Bertz CT molecular complexity index is 360. The molecule has 0 bridgehead atoms. The zero-order chi connectivity index (χ0) is 13.6.